The highest BCUT2D eigenvalue weighted by Crippen LogP contribution is 2.32. The van der Waals surface area contributed by atoms with Crippen LogP contribution < -0.4 is 0 Å². The maximum absolute atomic E-state index is 4.39. The van der Waals surface area contributed by atoms with Gasteiger partial charge in [-0.15, -0.1) is 24.0 Å². The highest BCUT2D eigenvalue weighted by atomic mass is 79.9. The van der Waals surface area contributed by atoms with Crippen molar-refractivity contribution < 1.29 is 0 Å². The first-order valence-corrected chi connectivity index (χ1v) is 6.43. The Hall–Kier alpha value is 0.01000. The summed E-state index contributed by atoms with van der Waals surface area (Å²) in [6.45, 7) is 2.14. The van der Waals surface area contributed by atoms with E-state index in [2.05, 4.69) is 53.0 Å². The lowest BCUT2D eigenvalue weighted by Gasteiger charge is -2.00. The lowest BCUT2D eigenvalue weighted by molar-refractivity contribution is 1.41. The van der Waals surface area contributed by atoms with E-state index in [4.69, 9.17) is 0 Å². The maximum atomic E-state index is 4.39. The number of thiophene rings is 1. The smallest absolute Gasteiger partial charge is 0.0386 e. The summed E-state index contributed by atoms with van der Waals surface area (Å²) in [6, 6.07) is 4.26. The predicted octanol–water partition coefficient (Wildman–Crippen LogP) is 4.39. The van der Waals surface area contributed by atoms with Crippen LogP contribution in [0.3, 0.4) is 0 Å². The van der Waals surface area contributed by atoms with Crippen molar-refractivity contribution in [3.63, 3.8) is 0 Å². The molecule has 0 N–H and O–H groups in total. The summed E-state index contributed by atoms with van der Waals surface area (Å²) in [5.41, 5.74) is 2.68. The lowest BCUT2D eigenvalue weighted by atomic mass is 10.1. The first-order chi connectivity index (χ1) is 6.22. The molecule has 13 heavy (non-hydrogen) atoms. The molecular formula is C10H9BrS2. The summed E-state index contributed by atoms with van der Waals surface area (Å²) >= 11 is 9.69. The van der Waals surface area contributed by atoms with Gasteiger partial charge in [0.15, 0.2) is 0 Å². The normalized spacial score (nSPS) is 11.0. The largest absolute Gasteiger partial charge is 0.143 e. The molecule has 2 rings (SSSR count). The fourth-order valence-electron chi connectivity index (χ4n) is 1.41. The molecule has 0 aliphatic carbocycles. The molecule has 0 atom stereocenters. The number of benzene rings is 1. The zero-order valence-electron chi connectivity index (χ0n) is 7.17. The van der Waals surface area contributed by atoms with Crippen molar-refractivity contribution in [2.24, 2.45) is 0 Å². The van der Waals surface area contributed by atoms with E-state index in [1.807, 2.05) is 11.3 Å². The van der Waals surface area contributed by atoms with Gasteiger partial charge in [-0.05, 0) is 40.9 Å². The van der Waals surface area contributed by atoms with Gasteiger partial charge >= 0.3 is 0 Å². The van der Waals surface area contributed by atoms with Gasteiger partial charge in [-0.2, -0.15) is 0 Å². The van der Waals surface area contributed by atoms with Crippen LogP contribution in [0.15, 0.2) is 22.4 Å². The summed E-state index contributed by atoms with van der Waals surface area (Å²) in [5, 5.41) is 4.44. The molecule has 0 saturated heterocycles. The van der Waals surface area contributed by atoms with E-state index >= 15 is 0 Å². The van der Waals surface area contributed by atoms with Gasteiger partial charge in [-0.1, -0.05) is 15.9 Å². The highest BCUT2D eigenvalue weighted by Gasteiger charge is 2.05. The second-order valence-electron chi connectivity index (χ2n) is 3.03. The number of fused-ring (bicyclic) bond motifs is 1. The molecule has 0 aliphatic heterocycles. The van der Waals surface area contributed by atoms with Crippen molar-refractivity contribution in [3.8, 4) is 0 Å². The number of thiol groups is 1. The fraction of sp³-hybridized carbons (Fsp3) is 0.200. The SMILES string of the molecule is Cc1csc2c(CBr)cc(S)cc12. The molecule has 1 aromatic heterocycles. The number of aryl methyl sites for hydroxylation is 1. The molecular weight excluding hydrogens is 264 g/mol. The van der Waals surface area contributed by atoms with Gasteiger partial charge in [0.1, 0.15) is 0 Å². The average Bonchev–Trinajstić information content (AvgIpc) is 2.47. The highest BCUT2D eigenvalue weighted by molar-refractivity contribution is 9.08. The zero-order valence-corrected chi connectivity index (χ0v) is 10.5. The van der Waals surface area contributed by atoms with Gasteiger partial charge in [0.05, 0.1) is 0 Å². The van der Waals surface area contributed by atoms with Gasteiger partial charge < -0.3 is 0 Å². The molecule has 0 spiro atoms. The standard InChI is InChI=1S/C10H9BrS2/c1-6-5-13-10-7(4-11)2-8(12)3-9(6)10/h2-3,5,12H,4H2,1H3. The Bertz CT molecular complexity index is 445. The van der Waals surface area contributed by atoms with E-state index in [1.165, 1.54) is 21.2 Å². The van der Waals surface area contributed by atoms with Crippen molar-refractivity contribution in [1.82, 2.24) is 0 Å². The molecule has 1 aromatic carbocycles. The minimum absolute atomic E-state index is 0.901. The van der Waals surface area contributed by atoms with Crippen LogP contribution in [0, 0.1) is 6.92 Å². The number of hydrogen-bond acceptors (Lipinski definition) is 2. The Morgan fingerprint density at radius 1 is 1.46 bits per heavy atom. The van der Waals surface area contributed by atoms with Crippen LogP contribution in [0.1, 0.15) is 11.1 Å². The summed E-state index contributed by atoms with van der Waals surface area (Å²) in [4.78, 5) is 1.04. The third kappa shape index (κ3) is 1.65. The summed E-state index contributed by atoms with van der Waals surface area (Å²) in [5.74, 6) is 0. The fourth-order valence-corrected chi connectivity index (χ4v) is 3.38. The minimum Gasteiger partial charge on any atom is -0.143 e. The third-order valence-electron chi connectivity index (χ3n) is 2.07. The van der Waals surface area contributed by atoms with Gasteiger partial charge in [-0.25, -0.2) is 0 Å². The number of rotatable bonds is 1. The number of alkyl halides is 1. The molecule has 0 unspecified atom stereocenters. The second kappa shape index (κ2) is 3.64. The molecule has 2 aromatic rings. The molecule has 0 bridgehead atoms. The van der Waals surface area contributed by atoms with E-state index in [1.54, 1.807) is 0 Å². The summed E-state index contributed by atoms with van der Waals surface area (Å²) in [6.07, 6.45) is 0. The van der Waals surface area contributed by atoms with Crippen LogP contribution in [0.5, 0.6) is 0 Å². The van der Waals surface area contributed by atoms with E-state index in [9.17, 15) is 0 Å². The monoisotopic (exact) mass is 272 g/mol. The Labute approximate surface area is 95.5 Å². The van der Waals surface area contributed by atoms with E-state index in [0.29, 0.717) is 0 Å². The summed E-state index contributed by atoms with van der Waals surface area (Å²) in [7, 11) is 0. The Morgan fingerprint density at radius 3 is 2.92 bits per heavy atom. The lowest BCUT2D eigenvalue weighted by Crippen LogP contribution is -1.79. The van der Waals surface area contributed by atoms with Gasteiger partial charge in [-0.3, -0.25) is 0 Å². The van der Waals surface area contributed by atoms with Crippen LogP contribution in [0.4, 0.5) is 0 Å². The second-order valence-corrected chi connectivity index (χ2v) is 4.99. The van der Waals surface area contributed by atoms with Crippen molar-refractivity contribution in [1.29, 1.82) is 0 Å². The predicted molar refractivity (Wildman–Crippen MR) is 66.4 cm³/mol. The van der Waals surface area contributed by atoms with Gasteiger partial charge in [0.25, 0.3) is 0 Å². The molecule has 0 amide bonds. The van der Waals surface area contributed by atoms with Crippen molar-refractivity contribution >= 4 is 50.0 Å². The Balaban J connectivity index is 2.84. The summed E-state index contributed by atoms with van der Waals surface area (Å²) < 4.78 is 1.38. The molecule has 0 aliphatic rings. The topological polar surface area (TPSA) is 0 Å². The van der Waals surface area contributed by atoms with Crippen molar-refractivity contribution in [3.05, 3.63) is 28.6 Å². The molecule has 3 heteroatoms. The molecule has 0 radical (unpaired) electrons. The quantitative estimate of drug-likeness (QED) is 0.578. The number of hydrogen-bond donors (Lipinski definition) is 1. The molecule has 68 valence electrons. The molecule has 0 fully saturated rings. The first-order valence-electron chi connectivity index (χ1n) is 3.98. The van der Waals surface area contributed by atoms with E-state index < -0.39 is 0 Å². The molecule has 0 nitrogen and oxygen atoms in total. The third-order valence-corrected chi connectivity index (χ3v) is 4.12. The van der Waals surface area contributed by atoms with Crippen molar-refractivity contribution in [2.45, 2.75) is 17.1 Å². The van der Waals surface area contributed by atoms with Crippen LogP contribution in [0.25, 0.3) is 10.1 Å². The van der Waals surface area contributed by atoms with Crippen LogP contribution in [-0.4, -0.2) is 0 Å². The van der Waals surface area contributed by atoms with E-state index in [-0.39, 0.29) is 0 Å². The Morgan fingerprint density at radius 2 is 2.23 bits per heavy atom. The van der Waals surface area contributed by atoms with Gasteiger partial charge in [0.2, 0.25) is 0 Å². The maximum Gasteiger partial charge on any atom is 0.0386 e. The van der Waals surface area contributed by atoms with E-state index in [0.717, 1.165) is 10.2 Å². The van der Waals surface area contributed by atoms with Crippen molar-refractivity contribution in [2.75, 3.05) is 0 Å². The molecule has 1 heterocycles. The number of halogens is 1. The zero-order chi connectivity index (χ0) is 9.42. The molecule has 0 saturated carbocycles. The first kappa shape index (κ1) is 9.56. The Kier molecular flexibility index (Phi) is 2.67. The minimum atomic E-state index is 0.901. The van der Waals surface area contributed by atoms with Crippen LogP contribution in [0.2, 0.25) is 0 Å². The van der Waals surface area contributed by atoms with Crippen LogP contribution >= 0.6 is 39.9 Å². The van der Waals surface area contributed by atoms with Gasteiger partial charge in [0, 0.05) is 14.9 Å². The average molecular weight is 273 g/mol. The van der Waals surface area contributed by atoms with Crippen LogP contribution in [-0.2, 0) is 5.33 Å².